The van der Waals surface area contributed by atoms with Gasteiger partial charge in [0.15, 0.2) is 5.76 Å². The maximum Gasteiger partial charge on any atom is 0.347 e. The molecule has 0 unspecified atom stereocenters. The molecule has 0 bridgehead atoms. The van der Waals surface area contributed by atoms with Gasteiger partial charge >= 0.3 is 5.97 Å². The first-order valence-corrected chi connectivity index (χ1v) is 9.05. The molecule has 0 atom stereocenters. The lowest BCUT2D eigenvalue weighted by Gasteiger charge is -2.08. The molecule has 5 heteroatoms. The molecular weight excluding hydrogens is 368 g/mol. The fraction of sp³-hybridized carbons (Fsp3) is 0.0833. The molecule has 0 amide bonds. The third-order valence-electron chi connectivity index (χ3n) is 4.52. The lowest BCUT2D eigenvalue weighted by Crippen LogP contribution is -2.10. The molecule has 3 aromatic rings. The summed E-state index contributed by atoms with van der Waals surface area (Å²) in [4.78, 5) is 25.1. The van der Waals surface area contributed by atoms with Crippen LogP contribution in [-0.4, -0.2) is 18.9 Å². The van der Waals surface area contributed by atoms with Gasteiger partial charge in [0.2, 0.25) is 5.78 Å². The summed E-state index contributed by atoms with van der Waals surface area (Å²) in [5, 5.41) is 0. The van der Waals surface area contributed by atoms with Crippen LogP contribution in [-0.2, 0) is 0 Å². The van der Waals surface area contributed by atoms with Crippen LogP contribution in [0.1, 0.15) is 31.8 Å². The van der Waals surface area contributed by atoms with E-state index in [4.69, 9.17) is 14.2 Å². The molecule has 0 saturated carbocycles. The number of Topliss-reactive ketones (excluding diaryl/α,β-unsaturated/α-hetero) is 1. The number of methoxy groups -OCH3 is 1. The molecule has 4 rings (SSSR count). The fourth-order valence-electron chi connectivity index (χ4n) is 3.12. The van der Waals surface area contributed by atoms with Crippen LogP contribution in [0, 0.1) is 6.92 Å². The van der Waals surface area contributed by atoms with Crippen LogP contribution in [0.4, 0.5) is 0 Å². The van der Waals surface area contributed by atoms with Gasteiger partial charge in [0.25, 0.3) is 0 Å². The number of aryl methyl sites for hydroxylation is 1. The normalized spacial score (nSPS) is 13.7. The van der Waals surface area contributed by atoms with Crippen LogP contribution in [0.25, 0.3) is 6.08 Å². The predicted molar refractivity (Wildman–Crippen MR) is 109 cm³/mol. The SMILES string of the molecule is COc1ccccc1C(=O)Oc1ccc2c(c1)OC(=Cc1cccc(C)c1)C2=O. The van der Waals surface area contributed by atoms with E-state index in [1.54, 1.807) is 42.5 Å². The Kier molecular flexibility index (Phi) is 4.87. The first kappa shape index (κ1) is 18.5. The van der Waals surface area contributed by atoms with Crippen LogP contribution >= 0.6 is 0 Å². The monoisotopic (exact) mass is 386 g/mol. The second kappa shape index (κ2) is 7.64. The van der Waals surface area contributed by atoms with Gasteiger partial charge in [0.1, 0.15) is 22.8 Å². The van der Waals surface area contributed by atoms with Crippen molar-refractivity contribution in [3.05, 3.63) is 94.7 Å². The number of carbonyl (C=O) groups excluding carboxylic acids is 2. The van der Waals surface area contributed by atoms with E-state index < -0.39 is 5.97 Å². The first-order chi connectivity index (χ1) is 14.0. The first-order valence-electron chi connectivity index (χ1n) is 9.05. The van der Waals surface area contributed by atoms with Crippen molar-refractivity contribution < 1.29 is 23.8 Å². The Balaban J connectivity index is 1.57. The zero-order valence-electron chi connectivity index (χ0n) is 16.0. The van der Waals surface area contributed by atoms with E-state index in [0.717, 1.165) is 11.1 Å². The summed E-state index contributed by atoms with van der Waals surface area (Å²) in [5.74, 6) is 0.544. The molecule has 0 N–H and O–H groups in total. The minimum Gasteiger partial charge on any atom is -0.496 e. The number of rotatable bonds is 4. The highest BCUT2D eigenvalue weighted by molar-refractivity contribution is 6.14. The number of ketones is 1. The summed E-state index contributed by atoms with van der Waals surface area (Å²) in [6.45, 7) is 1.98. The summed E-state index contributed by atoms with van der Waals surface area (Å²) >= 11 is 0. The third-order valence-corrected chi connectivity index (χ3v) is 4.52. The fourth-order valence-corrected chi connectivity index (χ4v) is 3.12. The minimum atomic E-state index is -0.553. The van der Waals surface area contributed by atoms with E-state index in [1.165, 1.54) is 13.2 Å². The van der Waals surface area contributed by atoms with Crippen molar-refractivity contribution in [3.8, 4) is 17.2 Å². The van der Waals surface area contributed by atoms with E-state index in [9.17, 15) is 9.59 Å². The standard InChI is InChI=1S/C24H18O5/c1-15-6-5-7-16(12-15)13-22-23(25)18-11-10-17(14-21(18)29-22)28-24(26)19-8-3-4-9-20(19)27-2/h3-14H,1-2H3. The topological polar surface area (TPSA) is 61.8 Å². The molecule has 1 aliphatic rings. The van der Waals surface area contributed by atoms with E-state index in [-0.39, 0.29) is 17.3 Å². The van der Waals surface area contributed by atoms with Gasteiger partial charge in [-0.3, -0.25) is 4.79 Å². The van der Waals surface area contributed by atoms with Crippen molar-refractivity contribution in [2.45, 2.75) is 6.92 Å². The Bertz CT molecular complexity index is 1140. The van der Waals surface area contributed by atoms with E-state index >= 15 is 0 Å². The van der Waals surface area contributed by atoms with Gasteiger partial charge in [-0.2, -0.15) is 0 Å². The van der Waals surface area contributed by atoms with Gasteiger partial charge in [-0.1, -0.05) is 42.0 Å². The second-order valence-electron chi connectivity index (χ2n) is 6.60. The number of fused-ring (bicyclic) bond motifs is 1. The van der Waals surface area contributed by atoms with Crippen LogP contribution in [0.15, 0.2) is 72.5 Å². The summed E-state index contributed by atoms with van der Waals surface area (Å²) < 4.78 is 16.4. The molecule has 0 aromatic heterocycles. The highest BCUT2D eigenvalue weighted by atomic mass is 16.5. The molecule has 3 aromatic carbocycles. The van der Waals surface area contributed by atoms with Crippen molar-refractivity contribution in [2.75, 3.05) is 7.11 Å². The number of hydrogen-bond acceptors (Lipinski definition) is 5. The largest absolute Gasteiger partial charge is 0.496 e. The lowest BCUT2D eigenvalue weighted by molar-refractivity contribution is 0.0731. The highest BCUT2D eigenvalue weighted by Crippen LogP contribution is 2.35. The van der Waals surface area contributed by atoms with Crippen LogP contribution in [0.3, 0.4) is 0 Å². The molecule has 1 heterocycles. The van der Waals surface area contributed by atoms with Crippen LogP contribution < -0.4 is 14.2 Å². The van der Waals surface area contributed by atoms with Crippen LogP contribution in [0.5, 0.6) is 17.2 Å². The van der Waals surface area contributed by atoms with Gasteiger partial charge in [-0.25, -0.2) is 4.79 Å². The zero-order chi connectivity index (χ0) is 20.4. The molecular formula is C24H18O5. The molecule has 0 aliphatic carbocycles. The number of benzene rings is 3. The minimum absolute atomic E-state index is 0.205. The Morgan fingerprint density at radius 2 is 1.83 bits per heavy atom. The highest BCUT2D eigenvalue weighted by Gasteiger charge is 2.28. The number of carbonyl (C=O) groups is 2. The lowest BCUT2D eigenvalue weighted by atomic mass is 10.1. The number of ether oxygens (including phenoxy) is 3. The molecule has 0 fully saturated rings. The van der Waals surface area contributed by atoms with E-state index in [1.807, 2.05) is 31.2 Å². The van der Waals surface area contributed by atoms with Crippen molar-refractivity contribution in [1.82, 2.24) is 0 Å². The zero-order valence-corrected chi connectivity index (χ0v) is 16.0. The van der Waals surface area contributed by atoms with Crippen molar-refractivity contribution in [2.24, 2.45) is 0 Å². The summed E-state index contributed by atoms with van der Waals surface area (Å²) in [6.07, 6.45) is 1.70. The van der Waals surface area contributed by atoms with Gasteiger partial charge in [0, 0.05) is 6.07 Å². The smallest absolute Gasteiger partial charge is 0.347 e. The molecule has 1 aliphatic heterocycles. The van der Waals surface area contributed by atoms with Gasteiger partial charge < -0.3 is 14.2 Å². The summed E-state index contributed by atoms with van der Waals surface area (Å²) in [5.41, 5.74) is 2.71. The van der Waals surface area contributed by atoms with Crippen molar-refractivity contribution in [1.29, 1.82) is 0 Å². The average Bonchev–Trinajstić information content (AvgIpc) is 3.02. The predicted octanol–water partition coefficient (Wildman–Crippen LogP) is 4.84. The third kappa shape index (κ3) is 3.75. The molecule has 0 spiro atoms. The van der Waals surface area contributed by atoms with Crippen LogP contribution in [0.2, 0.25) is 0 Å². The number of hydrogen-bond donors (Lipinski definition) is 0. The summed E-state index contributed by atoms with van der Waals surface area (Å²) in [6, 6.07) is 19.3. The molecule has 5 nitrogen and oxygen atoms in total. The Morgan fingerprint density at radius 1 is 1.00 bits per heavy atom. The maximum atomic E-state index is 12.6. The van der Waals surface area contributed by atoms with Crippen molar-refractivity contribution >= 4 is 17.8 Å². The van der Waals surface area contributed by atoms with E-state index in [0.29, 0.717) is 22.6 Å². The van der Waals surface area contributed by atoms with Gasteiger partial charge in [-0.15, -0.1) is 0 Å². The average molecular weight is 386 g/mol. The molecule has 144 valence electrons. The molecule has 0 saturated heterocycles. The quantitative estimate of drug-likeness (QED) is 0.365. The molecule has 0 radical (unpaired) electrons. The number of allylic oxidation sites excluding steroid dienone is 1. The molecule has 29 heavy (non-hydrogen) atoms. The maximum absolute atomic E-state index is 12.6. The number of esters is 1. The van der Waals surface area contributed by atoms with Crippen molar-refractivity contribution in [3.63, 3.8) is 0 Å². The Hall–Kier alpha value is -3.86. The Morgan fingerprint density at radius 3 is 2.62 bits per heavy atom. The Labute approximate surface area is 168 Å². The second-order valence-corrected chi connectivity index (χ2v) is 6.60. The summed E-state index contributed by atoms with van der Waals surface area (Å²) in [7, 11) is 1.49. The van der Waals surface area contributed by atoms with Gasteiger partial charge in [0.05, 0.1) is 12.7 Å². The number of para-hydroxylation sites is 1. The van der Waals surface area contributed by atoms with E-state index in [2.05, 4.69) is 0 Å². The van der Waals surface area contributed by atoms with Gasteiger partial charge in [-0.05, 0) is 42.8 Å².